The second-order valence-electron chi connectivity index (χ2n) is 2.77. The highest BCUT2D eigenvalue weighted by atomic mass is 79.9. The van der Waals surface area contributed by atoms with Crippen LogP contribution in [0.25, 0.3) is 11.0 Å². The topological polar surface area (TPSA) is 13.1 Å². The Hall–Kier alpha value is -0.760. The summed E-state index contributed by atoms with van der Waals surface area (Å²) in [6, 6.07) is 6.24. The van der Waals surface area contributed by atoms with Crippen molar-refractivity contribution < 1.29 is 4.42 Å². The van der Waals surface area contributed by atoms with Crippen LogP contribution in [-0.4, -0.2) is 0 Å². The van der Waals surface area contributed by atoms with E-state index in [1.54, 1.807) is 6.26 Å². The molecule has 12 heavy (non-hydrogen) atoms. The number of rotatable bonds is 1. The minimum absolute atomic E-state index is 0.937. The zero-order valence-electron chi connectivity index (χ0n) is 6.80. The van der Waals surface area contributed by atoms with Gasteiger partial charge in [0.1, 0.15) is 5.58 Å². The number of aryl methyl sites for hydroxylation is 1. The van der Waals surface area contributed by atoms with E-state index in [0.29, 0.717) is 0 Å². The third-order valence-electron chi connectivity index (χ3n) is 1.97. The largest absolute Gasteiger partial charge is 0.463 e. The molecule has 0 fully saturated rings. The molecular weight excluding hydrogens is 216 g/mol. The van der Waals surface area contributed by atoms with Gasteiger partial charge in [0.2, 0.25) is 0 Å². The van der Waals surface area contributed by atoms with E-state index in [2.05, 4.69) is 35.0 Å². The number of hydrogen-bond acceptors (Lipinski definition) is 1. The first-order valence-corrected chi connectivity index (χ1v) is 4.76. The number of fused-ring (bicyclic) bond motifs is 1. The van der Waals surface area contributed by atoms with Gasteiger partial charge in [-0.05, 0) is 46.1 Å². The van der Waals surface area contributed by atoms with Gasteiger partial charge in [0, 0.05) is 5.39 Å². The van der Waals surface area contributed by atoms with Crippen molar-refractivity contribution in [3.8, 4) is 0 Å². The molecule has 0 aliphatic carbocycles. The quantitative estimate of drug-likeness (QED) is 0.720. The fourth-order valence-electron chi connectivity index (χ4n) is 1.30. The standard InChI is InChI=1S/C10H9BrO/c1-2-7-5-8-3-4-12-10(8)9(11)6-7/h3-6H,2H2,1H3. The fraction of sp³-hybridized carbons (Fsp3) is 0.200. The van der Waals surface area contributed by atoms with Gasteiger partial charge in [0.05, 0.1) is 10.7 Å². The van der Waals surface area contributed by atoms with Crippen molar-refractivity contribution in [3.63, 3.8) is 0 Å². The first-order valence-electron chi connectivity index (χ1n) is 3.97. The summed E-state index contributed by atoms with van der Waals surface area (Å²) in [7, 11) is 0. The number of benzene rings is 1. The van der Waals surface area contributed by atoms with Crippen molar-refractivity contribution in [1.29, 1.82) is 0 Å². The second kappa shape index (κ2) is 2.94. The predicted molar refractivity (Wildman–Crippen MR) is 53.3 cm³/mol. The molecule has 0 aliphatic heterocycles. The van der Waals surface area contributed by atoms with E-state index in [1.807, 2.05) is 6.07 Å². The van der Waals surface area contributed by atoms with E-state index in [4.69, 9.17) is 4.42 Å². The van der Waals surface area contributed by atoms with Crippen molar-refractivity contribution in [3.05, 3.63) is 34.5 Å². The van der Waals surface area contributed by atoms with Crippen LogP contribution in [0.5, 0.6) is 0 Å². The Morgan fingerprint density at radius 3 is 3.00 bits per heavy atom. The average molecular weight is 225 g/mol. The van der Waals surface area contributed by atoms with Gasteiger partial charge in [0.25, 0.3) is 0 Å². The minimum Gasteiger partial charge on any atom is -0.463 e. The molecular formula is C10H9BrO. The summed E-state index contributed by atoms with van der Waals surface area (Å²) >= 11 is 3.47. The summed E-state index contributed by atoms with van der Waals surface area (Å²) in [4.78, 5) is 0. The number of hydrogen-bond donors (Lipinski definition) is 0. The second-order valence-corrected chi connectivity index (χ2v) is 3.62. The van der Waals surface area contributed by atoms with Crippen LogP contribution in [0.1, 0.15) is 12.5 Å². The van der Waals surface area contributed by atoms with E-state index in [9.17, 15) is 0 Å². The molecule has 1 heterocycles. The Morgan fingerprint density at radius 1 is 1.42 bits per heavy atom. The SMILES string of the molecule is CCc1cc(Br)c2occc2c1. The Balaban J connectivity index is 2.75. The van der Waals surface area contributed by atoms with Crippen LogP contribution >= 0.6 is 15.9 Å². The maximum Gasteiger partial charge on any atom is 0.148 e. The van der Waals surface area contributed by atoms with Crippen molar-refractivity contribution in [2.45, 2.75) is 13.3 Å². The summed E-state index contributed by atoms with van der Waals surface area (Å²) in [6.07, 6.45) is 2.77. The van der Waals surface area contributed by atoms with Crippen LogP contribution in [-0.2, 0) is 6.42 Å². The zero-order chi connectivity index (χ0) is 8.55. The highest BCUT2D eigenvalue weighted by Crippen LogP contribution is 2.26. The molecule has 0 bridgehead atoms. The molecule has 0 unspecified atom stereocenters. The van der Waals surface area contributed by atoms with Crippen molar-refractivity contribution >= 4 is 26.9 Å². The van der Waals surface area contributed by atoms with Gasteiger partial charge in [-0.15, -0.1) is 0 Å². The average Bonchev–Trinajstić information content (AvgIpc) is 2.52. The van der Waals surface area contributed by atoms with Gasteiger partial charge in [0.15, 0.2) is 0 Å². The van der Waals surface area contributed by atoms with Gasteiger partial charge in [-0.25, -0.2) is 0 Å². The van der Waals surface area contributed by atoms with Gasteiger partial charge < -0.3 is 4.42 Å². The number of furan rings is 1. The lowest BCUT2D eigenvalue weighted by molar-refractivity contribution is 0.614. The summed E-state index contributed by atoms with van der Waals surface area (Å²) in [6.45, 7) is 2.15. The maximum absolute atomic E-state index is 5.30. The molecule has 0 N–H and O–H groups in total. The molecule has 2 rings (SSSR count). The lowest BCUT2D eigenvalue weighted by atomic mass is 10.1. The van der Waals surface area contributed by atoms with E-state index in [0.717, 1.165) is 16.5 Å². The summed E-state index contributed by atoms with van der Waals surface area (Å²) in [5, 5.41) is 1.17. The molecule has 1 aromatic carbocycles. The Labute approximate surface area is 79.5 Å². The molecule has 62 valence electrons. The fourth-order valence-corrected chi connectivity index (χ4v) is 1.92. The van der Waals surface area contributed by atoms with Gasteiger partial charge in [-0.3, -0.25) is 0 Å². The summed E-state index contributed by atoms with van der Waals surface area (Å²) in [5.41, 5.74) is 2.27. The van der Waals surface area contributed by atoms with Crippen LogP contribution in [0.4, 0.5) is 0 Å². The molecule has 0 saturated carbocycles. The third kappa shape index (κ3) is 1.16. The molecule has 1 nitrogen and oxygen atoms in total. The third-order valence-corrected chi connectivity index (χ3v) is 2.56. The van der Waals surface area contributed by atoms with E-state index >= 15 is 0 Å². The summed E-state index contributed by atoms with van der Waals surface area (Å²) in [5.74, 6) is 0. The van der Waals surface area contributed by atoms with Crippen molar-refractivity contribution in [1.82, 2.24) is 0 Å². The molecule has 0 atom stereocenters. The van der Waals surface area contributed by atoms with Gasteiger partial charge in [-0.2, -0.15) is 0 Å². The van der Waals surface area contributed by atoms with Crippen LogP contribution in [0.3, 0.4) is 0 Å². The van der Waals surface area contributed by atoms with Crippen LogP contribution in [0.2, 0.25) is 0 Å². The highest BCUT2D eigenvalue weighted by molar-refractivity contribution is 9.10. The van der Waals surface area contributed by atoms with Crippen molar-refractivity contribution in [2.75, 3.05) is 0 Å². The monoisotopic (exact) mass is 224 g/mol. The van der Waals surface area contributed by atoms with E-state index in [-0.39, 0.29) is 0 Å². The lowest BCUT2D eigenvalue weighted by Gasteiger charge is -1.98. The van der Waals surface area contributed by atoms with Crippen LogP contribution in [0, 0.1) is 0 Å². The molecule has 1 aromatic heterocycles. The zero-order valence-corrected chi connectivity index (χ0v) is 8.39. The normalized spacial score (nSPS) is 10.8. The Morgan fingerprint density at radius 2 is 2.25 bits per heavy atom. The first-order chi connectivity index (χ1) is 5.81. The molecule has 2 aromatic rings. The Bertz CT molecular complexity index is 403. The molecule has 0 aliphatic rings. The molecule has 0 amide bonds. The lowest BCUT2D eigenvalue weighted by Crippen LogP contribution is -1.79. The van der Waals surface area contributed by atoms with E-state index in [1.165, 1.54) is 10.9 Å². The summed E-state index contributed by atoms with van der Waals surface area (Å²) < 4.78 is 6.34. The molecule has 2 heteroatoms. The first kappa shape index (κ1) is 7.87. The van der Waals surface area contributed by atoms with Gasteiger partial charge >= 0.3 is 0 Å². The molecule has 0 spiro atoms. The predicted octanol–water partition coefficient (Wildman–Crippen LogP) is 3.76. The van der Waals surface area contributed by atoms with Crippen LogP contribution < -0.4 is 0 Å². The van der Waals surface area contributed by atoms with Gasteiger partial charge in [-0.1, -0.05) is 6.92 Å². The van der Waals surface area contributed by atoms with Crippen molar-refractivity contribution in [2.24, 2.45) is 0 Å². The molecule has 0 radical (unpaired) electrons. The maximum atomic E-state index is 5.30. The van der Waals surface area contributed by atoms with E-state index < -0.39 is 0 Å². The highest BCUT2D eigenvalue weighted by Gasteiger charge is 2.02. The molecule has 0 saturated heterocycles. The smallest absolute Gasteiger partial charge is 0.148 e. The van der Waals surface area contributed by atoms with Crippen LogP contribution in [0.15, 0.2) is 33.4 Å². The minimum atomic E-state index is 0.937. The Kier molecular flexibility index (Phi) is 1.93. The number of halogens is 1.